The Labute approximate surface area is 185 Å². The number of methoxy groups -OCH3 is 1. The van der Waals surface area contributed by atoms with Crippen molar-refractivity contribution in [1.82, 2.24) is 15.4 Å². The van der Waals surface area contributed by atoms with E-state index in [1.807, 2.05) is 60.7 Å². The second-order valence-electron chi connectivity index (χ2n) is 7.56. The maximum absolute atomic E-state index is 12.9. The van der Waals surface area contributed by atoms with Crippen LogP contribution in [0.2, 0.25) is 0 Å². The van der Waals surface area contributed by atoms with Crippen molar-refractivity contribution in [2.75, 3.05) is 7.11 Å². The number of nitrogens with zero attached hydrogens (tertiary/aromatic N) is 2. The molecule has 5 rings (SSSR count). The van der Waals surface area contributed by atoms with Gasteiger partial charge in [0.2, 0.25) is 0 Å². The Morgan fingerprint density at radius 2 is 1.97 bits per heavy atom. The summed E-state index contributed by atoms with van der Waals surface area (Å²) in [5, 5.41) is 6.09. The number of fused-ring (bicyclic) bond motifs is 3. The summed E-state index contributed by atoms with van der Waals surface area (Å²) >= 11 is 0. The second kappa shape index (κ2) is 8.51. The average Bonchev–Trinajstić information content (AvgIpc) is 3.23. The SMILES string of the molecule is COc1ccc(-c2nc(C(=O)N/N=C/C3=CCCC=C3)cc3c2[nH]c2ccccc23)cc1. The Morgan fingerprint density at radius 1 is 1.12 bits per heavy atom. The van der Waals surface area contributed by atoms with Gasteiger partial charge >= 0.3 is 0 Å². The Bertz CT molecular complexity index is 1390. The summed E-state index contributed by atoms with van der Waals surface area (Å²) in [5.74, 6) is 0.402. The van der Waals surface area contributed by atoms with E-state index in [4.69, 9.17) is 9.72 Å². The van der Waals surface area contributed by atoms with Crippen molar-refractivity contribution in [3.05, 3.63) is 84.1 Å². The van der Waals surface area contributed by atoms with Gasteiger partial charge in [0.25, 0.3) is 5.91 Å². The minimum atomic E-state index is -0.358. The molecule has 0 unspecified atom stereocenters. The van der Waals surface area contributed by atoms with E-state index in [1.165, 1.54) is 0 Å². The molecular formula is C26H22N4O2. The first-order valence-corrected chi connectivity index (χ1v) is 10.5. The number of ether oxygens (including phenoxy) is 1. The molecule has 0 fully saturated rings. The van der Waals surface area contributed by atoms with E-state index >= 15 is 0 Å². The molecule has 0 bridgehead atoms. The smallest absolute Gasteiger partial charge is 0.289 e. The van der Waals surface area contributed by atoms with Crippen molar-refractivity contribution in [3.63, 3.8) is 0 Å². The average molecular weight is 422 g/mol. The number of nitrogens with one attached hydrogen (secondary N) is 2. The number of hydrazone groups is 1. The van der Waals surface area contributed by atoms with Gasteiger partial charge in [-0.3, -0.25) is 4.79 Å². The van der Waals surface area contributed by atoms with Gasteiger partial charge in [0.15, 0.2) is 0 Å². The standard InChI is InChI=1S/C26H22N4O2/c1-32-19-13-11-18(12-14-19)24-25-21(20-9-5-6-10-22(20)28-25)15-23(29-24)26(31)30-27-16-17-7-3-2-4-8-17/h3,5-16,28H,2,4H2,1H3,(H,30,31)/b27-16+. The number of aromatic nitrogens is 2. The lowest BCUT2D eigenvalue weighted by atomic mass is 10.1. The number of benzene rings is 2. The van der Waals surface area contributed by atoms with Crippen LogP contribution < -0.4 is 10.2 Å². The zero-order chi connectivity index (χ0) is 21.9. The van der Waals surface area contributed by atoms with Crippen LogP contribution in [-0.2, 0) is 0 Å². The highest BCUT2D eigenvalue weighted by Gasteiger charge is 2.17. The highest BCUT2D eigenvalue weighted by atomic mass is 16.5. The fourth-order valence-electron chi connectivity index (χ4n) is 3.87. The summed E-state index contributed by atoms with van der Waals surface area (Å²) in [6, 6.07) is 17.5. The van der Waals surface area contributed by atoms with Crippen molar-refractivity contribution in [1.29, 1.82) is 0 Å². The first-order valence-electron chi connectivity index (χ1n) is 10.5. The number of aromatic amines is 1. The number of carbonyl (C=O) groups is 1. The summed E-state index contributed by atoms with van der Waals surface area (Å²) < 4.78 is 5.28. The molecule has 0 aliphatic heterocycles. The molecule has 0 saturated heterocycles. The van der Waals surface area contributed by atoms with Gasteiger partial charge in [-0.05, 0) is 54.8 Å². The molecule has 0 spiro atoms. The Morgan fingerprint density at radius 3 is 2.75 bits per heavy atom. The topological polar surface area (TPSA) is 79.4 Å². The predicted molar refractivity (Wildman–Crippen MR) is 128 cm³/mol. The third-order valence-electron chi connectivity index (χ3n) is 5.50. The van der Waals surface area contributed by atoms with E-state index < -0.39 is 0 Å². The Kier molecular flexibility index (Phi) is 5.25. The van der Waals surface area contributed by atoms with Gasteiger partial charge in [-0.2, -0.15) is 5.10 Å². The fourth-order valence-corrected chi connectivity index (χ4v) is 3.87. The number of H-pyrrole nitrogens is 1. The molecule has 4 aromatic rings. The maximum Gasteiger partial charge on any atom is 0.289 e. The lowest BCUT2D eigenvalue weighted by Gasteiger charge is -2.08. The van der Waals surface area contributed by atoms with Crippen LogP contribution in [-0.4, -0.2) is 29.2 Å². The zero-order valence-electron chi connectivity index (χ0n) is 17.6. The molecule has 2 aromatic carbocycles. The number of rotatable bonds is 5. The van der Waals surface area contributed by atoms with Gasteiger partial charge in [-0.25, -0.2) is 10.4 Å². The van der Waals surface area contributed by atoms with Gasteiger partial charge in [-0.1, -0.05) is 36.4 Å². The number of hydrogen-bond acceptors (Lipinski definition) is 4. The minimum Gasteiger partial charge on any atom is -0.497 e. The third kappa shape index (κ3) is 3.78. The summed E-state index contributed by atoms with van der Waals surface area (Å²) in [6.45, 7) is 0. The van der Waals surface area contributed by atoms with Crippen LogP contribution in [0, 0.1) is 0 Å². The van der Waals surface area contributed by atoms with Crippen molar-refractivity contribution in [3.8, 4) is 17.0 Å². The van der Waals surface area contributed by atoms with E-state index in [0.717, 1.165) is 51.5 Å². The second-order valence-corrected chi connectivity index (χ2v) is 7.56. The number of allylic oxidation sites excluding steroid dienone is 4. The highest BCUT2D eigenvalue weighted by molar-refractivity contribution is 6.13. The molecule has 1 amide bonds. The summed E-state index contributed by atoms with van der Waals surface area (Å²) in [4.78, 5) is 21.1. The quantitative estimate of drug-likeness (QED) is 0.335. The minimum absolute atomic E-state index is 0.304. The van der Waals surface area contributed by atoms with Crippen molar-refractivity contribution in [2.24, 2.45) is 5.10 Å². The number of para-hydroxylation sites is 1. The summed E-state index contributed by atoms with van der Waals surface area (Å²) in [7, 11) is 1.63. The van der Waals surface area contributed by atoms with Gasteiger partial charge < -0.3 is 9.72 Å². The molecule has 6 nitrogen and oxygen atoms in total. The van der Waals surface area contributed by atoms with E-state index in [1.54, 1.807) is 13.3 Å². The van der Waals surface area contributed by atoms with Crippen LogP contribution in [0.1, 0.15) is 23.3 Å². The maximum atomic E-state index is 12.9. The molecule has 0 saturated carbocycles. The molecule has 0 radical (unpaired) electrons. The monoisotopic (exact) mass is 422 g/mol. The first kappa shape index (κ1) is 19.8. The molecule has 6 heteroatoms. The fraction of sp³-hybridized carbons (Fsp3) is 0.115. The summed E-state index contributed by atoms with van der Waals surface area (Å²) in [6.07, 6.45) is 9.85. The normalized spacial score (nSPS) is 13.6. The molecular weight excluding hydrogens is 400 g/mol. The van der Waals surface area contributed by atoms with Crippen LogP contribution >= 0.6 is 0 Å². The summed E-state index contributed by atoms with van der Waals surface area (Å²) in [5.41, 5.74) is 7.36. The van der Waals surface area contributed by atoms with E-state index in [-0.39, 0.29) is 5.91 Å². The highest BCUT2D eigenvalue weighted by Crippen LogP contribution is 2.33. The Hall–Kier alpha value is -4.19. The molecule has 158 valence electrons. The molecule has 2 aromatic heterocycles. The van der Waals surface area contributed by atoms with Crippen LogP contribution in [0.3, 0.4) is 0 Å². The first-order chi connectivity index (χ1) is 15.7. The molecule has 1 aliphatic rings. The molecule has 2 N–H and O–H groups in total. The van der Waals surface area contributed by atoms with Crippen LogP contribution in [0.25, 0.3) is 33.1 Å². The molecule has 1 aliphatic carbocycles. The third-order valence-corrected chi connectivity index (χ3v) is 5.50. The number of amides is 1. The zero-order valence-corrected chi connectivity index (χ0v) is 17.6. The van der Waals surface area contributed by atoms with Gasteiger partial charge in [-0.15, -0.1) is 0 Å². The van der Waals surface area contributed by atoms with E-state index in [9.17, 15) is 4.79 Å². The van der Waals surface area contributed by atoms with Crippen LogP contribution in [0.4, 0.5) is 0 Å². The molecule has 2 heterocycles. The lowest BCUT2D eigenvalue weighted by molar-refractivity contribution is 0.0950. The van der Waals surface area contributed by atoms with Gasteiger partial charge in [0, 0.05) is 21.9 Å². The largest absolute Gasteiger partial charge is 0.497 e. The Balaban J connectivity index is 1.57. The van der Waals surface area contributed by atoms with E-state index in [2.05, 4.69) is 27.7 Å². The molecule has 32 heavy (non-hydrogen) atoms. The van der Waals surface area contributed by atoms with E-state index in [0.29, 0.717) is 11.4 Å². The lowest BCUT2D eigenvalue weighted by Crippen LogP contribution is -2.19. The van der Waals surface area contributed by atoms with Crippen molar-refractivity contribution >= 4 is 33.9 Å². The molecule has 0 atom stereocenters. The van der Waals surface area contributed by atoms with Crippen LogP contribution in [0.15, 0.2) is 83.5 Å². The predicted octanol–water partition coefficient (Wildman–Crippen LogP) is 5.38. The van der Waals surface area contributed by atoms with Crippen LogP contribution in [0.5, 0.6) is 5.75 Å². The number of hydrogen-bond donors (Lipinski definition) is 2. The number of pyridine rings is 1. The van der Waals surface area contributed by atoms with Crippen molar-refractivity contribution in [2.45, 2.75) is 12.8 Å². The van der Waals surface area contributed by atoms with Gasteiger partial charge in [0.1, 0.15) is 11.4 Å². The van der Waals surface area contributed by atoms with Gasteiger partial charge in [0.05, 0.1) is 24.5 Å². The number of carbonyl (C=O) groups excluding carboxylic acids is 1. The van der Waals surface area contributed by atoms with Crippen molar-refractivity contribution < 1.29 is 9.53 Å².